The van der Waals surface area contributed by atoms with Crippen molar-refractivity contribution in [3.63, 3.8) is 0 Å². The van der Waals surface area contributed by atoms with Crippen LogP contribution < -0.4 is 5.32 Å². The van der Waals surface area contributed by atoms with E-state index in [1.807, 2.05) is 12.3 Å². The minimum absolute atomic E-state index is 0.128. The van der Waals surface area contributed by atoms with Crippen LogP contribution in [-0.2, 0) is 4.74 Å². The topological polar surface area (TPSA) is 51.5 Å². The monoisotopic (exact) mass is 394 g/mol. The Morgan fingerprint density at radius 3 is 2.75 bits per heavy atom. The number of hydrogen-bond acceptors (Lipinski definition) is 5. The van der Waals surface area contributed by atoms with Gasteiger partial charge in [-0.2, -0.15) is 0 Å². The van der Waals surface area contributed by atoms with Crippen LogP contribution in [0.25, 0.3) is 16.2 Å². The van der Waals surface area contributed by atoms with Gasteiger partial charge in [0.15, 0.2) is 0 Å². The highest BCUT2D eigenvalue weighted by atomic mass is 32.1. The first-order valence-electron chi connectivity index (χ1n) is 9.29. The second-order valence-corrected chi connectivity index (χ2v) is 7.86. The molecule has 142 valence electrons. The molecule has 1 aliphatic rings. The van der Waals surface area contributed by atoms with Crippen LogP contribution in [0.15, 0.2) is 60.8 Å². The summed E-state index contributed by atoms with van der Waals surface area (Å²) in [4.78, 5) is 5.42. The number of rotatable bonds is 5. The third-order valence-electron chi connectivity index (χ3n) is 5.04. The molecule has 7 heteroatoms. The third kappa shape index (κ3) is 3.39. The average Bonchev–Trinajstić information content (AvgIpc) is 3.42. The SMILES string of the molecule is Fc1ccc(-c2cn3nc(NCC4CCOC4c4ccccc4)sc3n2)cc1. The molecule has 1 N–H and O–H groups in total. The van der Waals surface area contributed by atoms with Crippen molar-refractivity contribution in [1.29, 1.82) is 0 Å². The highest BCUT2D eigenvalue weighted by molar-refractivity contribution is 7.20. The molecule has 1 aliphatic heterocycles. The Balaban J connectivity index is 1.28. The van der Waals surface area contributed by atoms with Gasteiger partial charge in [0.2, 0.25) is 10.1 Å². The van der Waals surface area contributed by atoms with E-state index in [0.29, 0.717) is 5.92 Å². The molecular weight excluding hydrogens is 375 g/mol. The number of halogens is 1. The van der Waals surface area contributed by atoms with Crippen molar-refractivity contribution in [1.82, 2.24) is 14.6 Å². The molecule has 5 nitrogen and oxygen atoms in total. The lowest BCUT2D eigenvalue weighted by Crippen LogP contribution is -2.17. The molecule has 0 aliphatic carbocycles. The molecule has 2 atom stereocenters. The first-order valence-corrected chi connectivity index (χ1v) is 10.1. The summed E-state index contributed by atoms with van der Waals surface area (Å²) in [6.45, 7) is 1.59. The lowest BCUT2D eigenvalue weighted by molar-refractivity contribution is 0.0933. The number of imidazole rings is 1. The van der Waals surface area contributed by atoms with Crippen LogP contribution in [0.2, 0.25) is 0 Å². The molecule has 0 amide bonds. The number of anilines is 1. The summed E-state index contributed by atoms with van der Waals surface area (Å²) in [7, 11) is 0. The Hall–Kier alpha value is -2.77. The molecule has 5 rings (SSSR count). The Morgan fingerprint density at radius 1 is 1.14 bits per heavy atom. The molecule has 1 fully saturated rings. The van der Waals surface area contributed by atoms with E-state index < -0.39 is 0 Å². The fraction of sp³-hybridized carbons (Fsp3) is 0.238. The van der Waals surface area contributed by atoms with Crippen molar-refractivity contribution in [2.75, 3.05) is 18.5 Å². The molecule has 3 heterocycles. The van der Waals surface area contributed by atoms with Crippen molar-refractivity contribution < 1.29 is 9.13 Å². The highest BCUT2D eigenvalue weighted by Gasteiger charge is 2.29. The fourth-order valence-corrected chi connectivity index (χ4v) is 4.39. The summed E-state index contributed by atoms with van der Waals surface area (Å²) in [6, 6.07) is 16.7. The zero-order valence-corrected chi connectivity index (χ0v) is 15.9. The number of benzene rings is 2. The lowest BCUT2D eigenvalue weighted by Gasteiger charge is -2.19. The Labute approximate surface area is 165 Å². The van der Waals surface area contributed by atoms with E-state index in [1.165, 1.54) is 29.0 Å². The maximum absolute atomic E-state index is 13.1. The molecule has 1 saturated heterocycles. The van der Waals surface area contributed by atoms with Crippen LogP contribution in [0.1, 0.15) is 18.1 Å². The predicted molar refractivity (Wildman–Crippen MR) is 108 cm³/mol. The van der Waals surface area contributed by atoms with Gasteiger partial charge >= 0.3 is 0 Å². The number of fused-ring (bicyclic) bond motifs is 1. The van der Waals surface area contributed by atoms with Gasteiger partial charge in [-0.05, 0) is 36.2 Å². The van der Waals surface area contributed by atoms with Crippen LogP contribution in [0.5, 0.6) is 0 Å². The zero-order valence-electron chi connectivity index (χ0n) is 15.1. The van der Waals surface area contributed by atoms with E-state index in [1.54, 1.807) is 16.6 Å². The summed E-state index contributed by atoms with van der Waals surface area (Å²) in [5.74, 6) is 0.160. The van der Waals surface area contributed by atoms with Gasteiger partial charge in [-0.25, -0.2) is 13.9 Å². The van der Waals surface area contributed by atoms with E-state index in [0.717, 1.165) is 40.9 Å². The van der Waals surface area contributed by atoms with Crippen molar-refractivity contribution >= 4 is 21.4 Å². The first kappa shape index (κ1) is 17.3. The van der Waals surface area contributed by atoms with Gasteiger partial charge in [-0.3, -0.25) is 0 Å². The largest absolute Gasteiger partial charge is 0.373 e. The second-order valence-electron chi connectivity index (χ2n) is 6.90. The normalized spacial score (nSPS) is 19.3. The summed E-state index contributed by atoms with van der Waals surface area (Å²) in [6.07, 6.45) is 3.03. The first-order chi connectivity index (χ1) is 13.8. The van der Waals surface area contributed by atoms with Crippen molar-refractivity contribution in [3.8, 4) is 11.3 Å². The molecule has 28 heavy (non-hydrogen) atoms. The maximum Gasteiger partial charge on any atom is 0.214 e. The Kier molecular flexibility index (Phi) is 4.54. The van der Waals surface area contributed by atoms with E-state index in [2.05, 4.69) is 39.7 Å². The predicted octanol–water partition coefficient (Wildman–Crippen LogP) is 4.79. The molecular formula is C21H19FN4OS. The Morgan fingerprint density at radius 2 is 1.96 bits per heavy atom. The van der Waals surface area contributed by atoms with Crippen LogP contribution >= 0.6 is 11.3 Å². The highest BCUT2D eigenvalue weighted by Crippen LogP contribution is 2.35. The number of aromatic nitrogens is 3. The number of nitrogens with one attached hydrogen (secondary N) is 1. The summed E-state index contributed by atoms with van der Waals surface area (Å²) < 4.78 is 20.8. The van der Waals surface area contributed by atoms with Gasteiger partial charge in [-0.15, -0.1) is 5.10 Å². The maximum atomic E-state index is 13.1. The van der Waals surface area contributed by atoms with Crippen LogP contribution in [-0.4, -0.2) is 27.7 Å². The van der Waals surface area contributed by atoms with Gasteiger partial charge in [0, 0.05) is 24.6 Å². The van der Waals surface area contributed by atoms with Crippen LogP contribution in [0.4, 0.5) is 9.52 Å². The average molecular weight is 394 g/mol. The number of nitrogens with zero attached hydrogens (tertiary/aromatic N) is 3. The number of ether oxygens (including phenoxy) is 1. The van der Waals surface area contributed by atoms with Gasteiger partial charge in [0.1, 0.15) is 5.82 Å². The van der Waals surface area contributed by atoms with E-state index >= 15 is 0 Å². The van der Waals surface area contributed by atoms with E-state index in [-0.39, 0.29) is 11.9 Å². The fourth-order valence-electron chi connectivity index (χ4n) is 3.60. The van der Waals surface area contributed by atoms with E-state index in [4.69, 9.17) is 4.74 Å². The number of hydrogen-bond donors (Lipinski definition) is 1. The lowest BCUT2D eigenvalue weighted by atomic mass is 9.95. The van der Waals surface area contributed by atoms with Crippen molar-refractivity contribution in [3.05, 3.63) is 72.2 Å². The summed E-state index contributed by atoms with van der Waals surface area (Å²) in [5, 5.41) is 8.87. The minimum Gasteiger partial charge on any atom is -0.373 e. The molecule has 0 bridgehead atoms. The summed E-state index contributed by atoms with van der Waals surface area (Å²) in [5.41, 5.74) is 2.89. The molecule has 0 spiro atoms. The molecule has 2 unspecified atom stereocenters. The van der Waals surface area contributed by atoms with Crippen LogP contribution in [0.3, 0.4) is 0 Å². The third-order valence-corrected chi connectivity index (χ3v) is 5.92. The summed E-state index contributed by atoms with van der Waals surface area (Å²) >= 11 is 1.51. The second kappa shape index (κ2) is 7.33. The standard InChI is InChI=1S/C21H19FN4OS/c22-17-8-6-14(7-9-17)18-13-26-21(24-18)28-20(25-26)23-12-16-10-11-27-19(16)15-4-2-1-3-5-15/h1-9,13,16,19H,10-12H2,(H,23,25). The van der Waals surface area contributed by atoms with Gasteiger partial charge in [-0.1, -0.05) is 41.7 Å². The Bertz CT molecular complexity index is 1050. The van der Waals surface area contributed by atoms with Gasteiger partial charge in [0.25, 0.3) is 0 Å². The molecule has 2 aromatic heterocycles. The van der Waals surface area contributed by atoms with Gasteiger partial charge in [0.05, 0.1) is 18.0 Å². The smallest absolute Gasteiger partial charge is 0.214 e. The molecule has 0 saturated carbocycles. The molecule has 2 aromatic carbocycles. The van der Waals surface area contributed by atoms with Crippen molar-refractivity contribution in [2.45, 2.75) is 12.5 Å². The quantitative estimate of drug-likeness (QED) is 0.529. The molecule has 4 aromatic rings. The van der Waals surface area contributed by atoms with Crippen molar-refractivity contribution in [2.24, 2.45) is 5.92 Å². The van der Waals surface area contributed by atoms with Gasteiger partial charge < -0.3 is 10.1 Å². The minimum atomic E-state index is -0.251. The van der Waals surface area contributed by atoms with Crippen LogP contribution in [0, 0.1) is 11.7 Å². The zero-order chi connectivity index (χ0) is 18.9. The molecule has 0 radical (unpaired) electrons. The van der Waals surface area contributed by atoms with E-state index in [9.17, 15) is 4.39 Å².